The minimum Gasteiger partial charge on any atom is -0.352 e. The summed E-state index contributed by atoms with van der Waals surface area (Å²) in [5.74, 6) is 0.354. The van der Waals surface area contributed by atoms with Crippen LogP contribution in [0.2, 0.25) is 0 Å². The van der Waals surface area contributed by atoms with Gasteiger partial charge in [-0.05, 0) is 18.9 Å². The third kappa shape index (κ3) is 2.34. The van der Waals surface area contributed by atoms with Crippen LogP contribution in [0.5, 0.6) is 0 Å². The average molecular weight is 246 g/mol. The average Bonchev–Trinajstić information content (AvgIpc) is 2.61. The van der Waals surface area contributed by atoms with E-state index in [0.29, 0.717) is 18.0 Å². The summed E-state index contributed by atoms with van der Waals surface area (Å²) in [6.07, 6.45) is 1.60. The number of amides is 1. The number of nitrogens with one attached hydrogen (secondary N) is 1. The summed E-state index contributed by atoms with van der Waals surface area (Å²) in [6.45, 7) is 6.71. The van der Waals surface area contributed by atoms with E-state index in [1.54, 1.807) is 10.9 Å². The van der Waals surface area contributed by atoms with E-state index in [2.05, 4.69) is 29.2 Å². The molecule has 5 heteroatoms. The highest BCUT2D eigenvalue weighted by atomic mass is 16.1. The molecule has 1 amide bonds. The topological polar surface area (TPSA) is 59.8 Å². The summed E-state index contributed by atoms with van der Waals surface area (Å²) >= 11 is 0. The van der Waals surface area contributed by atoms with Crippen molar-refractivity contribution in [1.82, 2.24) is 20.1 Å². The maximum Gasteiger partial charge on any atom is 0.252 e. The minimum atomic E-state index is -0.0821. The third-order valence-corrected chi connectivity index (χ3v) is 2.80. The molecular weight excluding hydrogens is 228 g/mol. The fraction of sp³-hybridized carbons (Fsp3) is 0.462. The molecule has 2 rings (SSSR count). The molecule has 0 aliphatic rings. The zero-order valence-corrected chi connectivity index (χ0v) is 11.2. The maximum atomic E-state index is 11.9. The van der Waals surface area contributed by atoms with Gasteiger partial charge in [-0.3, -0.25) is 9.48 Å². The van der Waals surface area contributed by atoms with Gasteiger partial charge in [-0.1, -0.05) is 13.8 Å². The van der Waals surface area contributed by atoms with E-state index < -0.39 is 0 Å². The van der Waals surface area contributed by atoms with Crippen LogP contribution in [-0.2, 0) is 7.05 Å². The summed E-state index contributed by atoms with van der Waals surface area (Å²) in [5.41, 5.74) is 2.27. The van der Waals surface area contributed by atoms with Gasteiger partial charge < -0.3 is 5.32 Å². The largest absolute Gasteiger partial charge is 0.352 e. The Morgan fingerprint density at radius 3 is 2.89 bits per heavy atom. The Balaban J connectivity index is 2.29. The Morgan fingerprint density at radius 2 is 2.22 bits per heavy atom. The SMILES string of the molecule is Cc1nn(C)c2ncc(C(=O)NCC(C)C)cc12. The number of hydrogen-bond acceptors (Lipinski definition) is 3. The first kappa shape index (κ1) is 12.5. The molecule has 18 heavy (non-hydrogen) atoms. The van der Waals surface area contributed by atoms with E-state index >= 15 is 0 Å². The highest BCUT2D eigenvalue weighted by Gasteiger charge is 2.11. The minimum absolute atomic E-state index is 0.0821. The van der Waals surface area contributed by atoms with Crippen molar-refractivity contribution in [3.63, 3.8) is 0 Å². The predicted molar refractivity (Wildman–Crippen MR) is 70.4 cm³/mol. The van der Waals surface area contributed by atoms with Crippen LogP contribution in [0.25, 0.3) is 11.0 Å². The van der Waals surface area contributed by atoms with Gasteiger partial charge in [-0.25, -0.2) is 4.98 Å². The molecule has 0 spiro atoms. The Hall–Kier alpha value is -1.91. The lowest BCUT2D eigenvalue weighted by atomic mass is 10.2. The van der Waals surface area contributed by atoms with E-state index in [1.165, 1.54) is 0 Å². The Bertz CT molecular complexity index is 586. The van der Waals surface area contributed by atoms with Gasteiger partial charge in [-0.2, -0.15) is 5.10 Å². The first-order chi connectivity index (χ1) is 8.49. The summed E-state index contributed by atoms with van der Waals surface area (Å²) < 4.78 is 1.72. The number of carbonyl (C=O) groups excluding carboxylic acids is 1. The molecule has 0 bridgehead atoms. The summed E-state index contributed by atoms with van der Waals surface area (Å²) in [5, 5.41) is 8.10. The molecule has 0 aliphatic heterocycles. The van der Waals surface area contributed by atoms with Crippen molar-refractivity contribution in [3.8, 4) is 0 Å². The number of aromatic nitrogens is 3. The van der Waals surface area contributed by atoms with Crippen LogP contribution in [0.1, 0.15) is 29.9 Å². The van der Waals surface area contributed by atoms with Crippen molar-refractivity contribution in [2.45, 2.75) is 20.8 Å². The molecule has 2 heterocycles. The highest BCUT2D eigenvalue weighted by Crippen LogP contribution is 2.16. The molecule has 2 aromatic heterocycles. The summed E-state index contributed by atoms with van der Waals surface area (Å²) in [4.78, 5) is 16.2. The second-order valence-corrected chi connectivity index (χ2v) is 4.91. The van der Waals surface area contributed by atoms with Crippen LogP contribution in [0, 0.1) is 12.8 Å². The van der Waals surface area contributed by atoms with E-state index in [-0.39, 0.29) is 5.91 Å². The van der Waals surface area contributed by atoms with E-state index in [9.17, 15) is 4.79 Å². The number of fused-ring (bicyclic) bond motifs is 1. The quantitative estimate of drug-likeness (QED) is 0.896. The van der Waals surface area contributed by atoms with Gasteiger partial charge in [0.1, 0.15) is 0 Å². The smallest absolute Gasteiger partial charge is 0.252 e. The molecule has 1 N–H and O–H groups in total. The number of carbonyl (C=O) groups is 1. The fourth-order valence-corrected chi connectivity index (χ4v) is 1.83. The van der Waals surface area contributed by atoms with Crippen molar-refractivity contribution in [1.29, 1.82) is 0 Å². The van der Waals surface area contributed by atoms with Crippen molar-refractivity contribution in [3.05, 3.63) is 23.5 Å². The predicted octanol–water partition coefficient (Wildman–Crippen LogP) is 1.66. The highest BCUT2D eigenvalue weighted by molar-refractivity contribution is 5.97. The van der Waals surface area contributed by atoms with Gasteiger partial charge in [0.25, 0.3) is 5.91 Å². The van der Waals surface area contributed by atoms with Crippen molar-refractivity contribution in [2.24, 2.45) is 13.0 Å². The third-order valence-electron chi connectivity index (χ3n) is 2.80. The number of pyridine rings is 1. The zero-order valence-electron chi connectivity index (χ0n) is 11.2. The summed E-state index contributed by atoms with van der Waals surface area (Å²) in [7, 11) is 1.85. The molecule has 2 aromatic rings. The van der Waals surface area contributed by atoms with Crippen molar-refractivity contribution >= 4 is 16.9 Å². The monoisotopic (exact) mass is 246 g/mol. The molecule has 0 aliphatic carbocycles. The number of rotatable bonds is 3. The second kappa shape index (κ2) is 4.76. The molecule has 0 atom stereocenters. The lowest BCUT2D eigenvalue weighted by Gasteiger charge is -2.07. The maximum absolute atomic E-state index is 11.9. The van der Waals surface area contributed by atoms with E-state index in [0.717, 1.165) is 16.7 Å². The molecule has 5 nitrogen and oxygen atoms in total. The van der Waals surface area contributed by atoms with Crippen LogP contribution >= 0.6 is 0 Å². The Kier molecular flexibility index (Phi) is 3.32. The lowest BCUT2D eigenvalue weighted by molar-refractivity contribution is 0.0949. The molecule has 0 saturated heterocycles. The van der Waals surface area contributed by atoms with Crippen LogP contribution < -0.4 is 5.32 Å². The standard InChI is InChI=1S/C13H18N4O/c1-8(2)6-15-13(18)10-5-11-9(3)16-17(4)12(11)14-7-10/h5,7-8H,6H2,1-4H3,(H,15,18). The lowest BCUT2D eigenvalue weighted by Crippen LogP contribution is -2.27. The normalized spacial score (nSPS) is 11.2. The second-order valence-electron chi connectivity index (χ2n) is 4.91. The zero-order chi connectivity index (χ0) is 13.3. The fourth-order valence-electron chi connectivity index (χ4n) is 1.83. The molecule has 0 unspecified atom stereocenters. The van der Waals surface area contributed by atoms with Gasteiger partial charge in [-0.15, -0.1) is 0 Å². The first-order valence-electron chi connectivity index (χ1n) is 6.06. The number of aryl methyl sites for hydroxylation is 2. The Morgan fingerprint density at radius 1 is 1.50 bits per heavy atom. The first-order valence-corrected chi connectivity index (χ1v) is 6.06. The van der Waals surface area contributed by atoms with Crippen LogP contribution in [-0.4, -0.2) is 27.2 Å². The molecule has 96 valence electrons. The van der Waals surface area contributed by atoms with Crippen LogP contribution in [0.4, 0.5) is 0 Å². The van der Waals surface area contributed by atoms with Gasteiger partial charge in [0.15, 0.2) is 5.65 Å². The van der Waals surface area contributed by atoms with E-state index in [4.69, 9.17) is 0 Å². The van der Waals surface area contributed by atoms with Gasteiger partial charge in [0, 0.05) is 25.2 Å². The molecule has 0 radical (unpaired) electrons. The number of hydrogen-bond donors (Lipinski definition) is 1. The molecule has 0 fully saturated rings. The van der Waals surface area contributed by atoms with E-state index in [1.807, 2.05) is 20.0 Å². The van der Waals surface area contributed by atoms with Crippen LogP contribution in [0.3, 0.4) is 0 Å². The van der Waals surface area contributed by atoms with Crippen molar-refractivity contribution in [2.75, 3.05) is 6.54 Å². The summed E-state index contributed by atoms with van der Waals surface area (Å²) in [6, 6.07) is 1.85. The molecular formula is C13H18N4O. The van der Waals surface area contributed by atoms with Crippen LogP contribution in [0.15, 0.2) is 12.3 Å². The van der Waals surface area contributed by atoms with Gasteiger partial charge in [0.2, 0.25) is 0 Å². The molecule has 0 saturated carbocycles. The number of nitrogens with zero attached hydrogens (tertiary/aromatic N) is 3. The van der Waals surface area contributed by atoms with Gasteiger partial charge in [0.05, 0.1) is 11.3 Å². The molecule has 0 aromatic carbocycles. The van der Waals surface area contributed by atoms with Gasteiger partial charge >= 0.3 is 0 Å². The Labute approximate surface area is 106 Å². The van der Waals surface area contributed by atoms with Crippen molar-refractivity contribution < 1.29 is 4.79 Å².